The molecule has 0 saturated heterocycles. The monoisotopic (exact) mass is 303 g/mol. The average molecular weight is 304 g/mol. The van der Waals surface area contributed by atoms with Gasteiger partial charge in [-0.1, -0.05) is 54.9 Å². The van der Waals surface area contributed by atoms with Crippen molar-refractivity contribution in [2.75, 3.05) is 13.2 Å². The summed E-state index contributed by atoms with van der Waals surface area (Å²) in [5, 5.41) is 4.18. The Balaban J connectivity index is 2.05. The smallest absolute Gasteiger partial charge is 0.138 e. The SMILES string of the molecule is CCCNC(COc1ccc(C)cc1Cl)c1ccccc1. The van der Waals surface area contributed by atoms with Crippen LogP contribution in [0.3, 0.4) is 0 Å². The van der Waals surface area contributed by atoms with Gasteiger partial charge in [-0.2, -0.15) is 0 Å². The van der Waals surface area contributed by atoms with E-state index in [2.05, 4.69) is 36.5 Å². The molecule has 0 aliphatic heterocycles. The van der Waals surface area contributed by atoms with E-state index >= 15 is 0 Å². The van der Waals surface area contributed by atoms with Crippen molar-refractivity contribution in [1.82, 2.24) is 5.32 Å². The molecule has 3 heteroatoms. The summed E-state index contributed by atoms with van der Waals surface area (Å²) in [6.07, 6.45) is 1.09. The fraction of sp³-hybridized carbons (Fsp3) is 0.333. The van der Waals surface area contributed by atoms with E-state index < -0.39 is 0 Å². The Labute approximate surface area is 132 Å². The lowest BCUT2D eigenvalue weighted by Crippen LogP contribution is -2.27. The minimum atomic E-state index is 0.170. The molecule has 2 nitrogen and oxygen atoms in total. The second-order valence-electron chi connectivity index (χ2n) is 5.16. The van der Waals surface area contributed by atoms with Crippen molar-refractivity contribution >= 4 is 11.6 Å². The Kier molecular flexibility index (Phi) is 6.09. The molecule has 1 N–H and O–H groups in total. The molecule has 0 bridgehead atoms. The van der Waals surface area contributed by atoms with Crippen molar-refractivity contribution in [2.24, 2.45) is 0 Å². The van der Waals surface area contributed by atoms with E-state index in [0.717, 1.165) is 24.3 Å². The average Bonchev–Trinajstić information content (AvgIpc) is 2.50. The van der Waals surface area contributed by atoms with Crippen molar-refractivity contribution in [1.29, 1.82) is 0 Å². The van der Waals surface area contributed by atoms with Crippen molar-refractivity contribution in [3.05, 3.63) is 64.7 Å². The molecule has 0 spiro atoms. The molecule has 0 fully saturated rings. The van der Waals surface area contributed by atoms with Gasteiger partial charge in [0.1, 0.15) is 12.4 Å². The molecule has 1 unspecified atom stereocenters. The van der Waals surface area contributed by atoms with Crippen molar-refractivity contribution in [2.45, 2.75) is 26.3 Å². The molecule has 0 radical (unpaired) electrons. The van der Waals surface area contributed by atoms with Crippen LogP contribution in [-0.4, -0.2) is 13.2 Å². The maximum absolute atomic E-state index is 6.22. The standard InChI is InChI=1S/C18H22ClNO/c1-3-11-20-17(15-7-5-4-6-8-15)13-21-18-10-9-14(2)12-16(18)19/h4-10,12,17,20H,3,11,13H2,1-2H3. The third kappa shape index (κ3) is 4.76. The summed E-state index contributed by atoms with van der Waals surface area (Å²) < 4.78 is 5.91. The first kappa shape index (κ1) is 15.9. The van der Waals surface area contributed by atoms with Crippen LogP contribution >= 0.6 is 11.6 Å². The van der Waals surface area contributed by atoms with E-state index in [1.54, 1.807) is 0 Å². The lowest BCUT2D eigenvalue weighted by Gasteiger charge is -2.20. The lowest BCUT2D eigenvalue weighted by atomic mass is 10.1. The van der Waals surface area contributed by atoms with E-state index in [1.165, 1.54) is 5.56 Å². The predicted octanol–water partition coefficient (Wildman–Crippen LogP) is 4.77. The molecule has 2 aromatic carbocycles. The summed E-state index contributed by atoms with van der Waals surface area (Å²) in [5.74, 6) is 0.737. The van der Waals surface area contributed by atoms with Crippen LogP contribution in [-0.2, 0) is 0 Å². The molecule has 0 aromatic heterocycles. The highest BCUT2D eigenvalue weighted by molar-refractivity contribution is 6.32. The fourth-order valence-electron chi connectivity index (χ4n) is 2.17. The first-order valence-electron chi connectivity index (χ1n) is 7.38. The quantitative estimate of drug-likeness (QED) is 0.795. The van der Waals surface area contributed by atoms with Crippen molar-refractivity contribution < 1.29 is 4.74 Å². The number of rotatable bonds is 7. The van der Waals surface area contributed by atoms with Crippen LogP contribution in [0.1, 0.15) is 30.5 Å². The molecule has 1 atom stereocenters. The molecule has 0 heterocycles. The van der Waals surface area contributed by atoms with Gasteiger partial charge >= 0.3 is 0 Å². The second-order valence-corrected chi connectivity index (χ2v) is 5.57. The Hall–Kier alpha value is -1.51. The minimum Gasteiger partial charge on any atom is -0.490 e. The van der Waals surface area contributed by atoms with E-state index in [9.17, 15) is 0 Å². The zero-order chi connectivity index (χ0) is 15.1. The maximum Gasteiger partial charge on any atom is 0.138 e. The summed E-state index contributed by atoms with van der Waals surface area (Å²) in [6, 6.07) is 16.4. The highest BCUT2D eigenvalue weighted by Crippen LogP contribution is 2.26. The first-order valence-corrected chi connectivity index (χ1v) is 7.75. The number of aryl methyl sites for hydroxylation is 1. The van der Waals surface area contributed by atoms with Crippen LogP contribution in [0, 0.1) is 6.92 Å². The van der Waals surface area contributed by atoms with E-state index in [4.69, 9.17) is 16.3 Å². The second kappa shape index (κ2) is 8.06. The summed E-state index contributed by atoms with van der Waals surface area (Å²) in [6.45, 7) is 5.70. The van der Waals surface area contributed by atoms with Crippen molar-refractivity contribution in [3.8, 4) is 5.75 Å². The van der Waals surface area contributed by atoms with E-state index in [0.29, 0.717) is 11.6 Å². The molecule has 0 aliphatic carbocycles. The topological polar surface area (TPSA) is 21.3 Å². The number of ether oxygens (including phenoxy) is 1. The summed E-state index contributed by atoms with van der Waals surface area (Å²) in [7, 11) is 0. The van der Waals surface area contributed by atoms with Gasteiger partial charge in [-0.3, -0.25) is 0 Å². The van der Waals surface area contributed by atoms with Crippen LogP contribution in [0.5, 0.6) is 5.75 Å². The summed E-state index contributed by atoms with van der Waals surface area (Å²) in [5.41, 5.74) is 2.37. The van der Waals surface area contributed by atoms with Gasteiger partial charge in [0.15, 0.2) is 0 Å². The molecule has 112 valence electrons. The number of halogens is 1. The van der Waals surface area contributed by atoms with Crippen molar-refractivity contribution in [3.63, 3.8) is 0 Å². The summed E-state index contributed by atoms with van der Waals surface area (Å²) >= 11 is 6.22. The highest BCUT2D eigenvalue weighted by Gasteiger charge is 2.12. The Morgan fingerprint density at radius 3 is 2.57 bits per heavy atom. The Morgan fingerprint density at radius 1 is 1.14 bits per heavy atom. The fourth-order valence-corrected chi connectivity index (χ4v) is 2.46. The minimum absolute atomic E-state index is 0.170. The van der Waals surface area contributed by atoms with Crippen LogP contribution in [0.2, 0.25) is 5.02 Å². The Morgan fingerprint density at radius 2 is 1.90 bits per heavy atom. The molecular weight excluding hydrogens is 282 g/mol. The normalized spacial score (nSPS) is 12.1. The van der Waals surface area contributed by atoms with Gasteiger partial charge in [0, 0.05) is 0 Å². The summed E-state index contributed by atoms with van der Waals surface area (Å²) in [4.78, 5) is 0. The van der Waals surface area contributed by atoms with Gasteiger partial charge in [0.25, 0.3) is 0 Å². The van der Waals surface area contributed by atoms with Gasteiger partial charge in [-0.25, -0.2) is 0 Å². The number of nitrogens with one attached hydrogen (secondary N) is 1. The molecule has 0 amide bonds. The largest absolute Gasteiger partial charge is 0.490 e. The van der Waals surface area contributed by atoms with Crippen LogP contribution in [0.4, 0.5) is 0 Å². The highest BCUT2D eigenvalue weighted by atomic mass is 35.5. The lowest BCUT2D eigenvalue weighted by molar-refractivity contribution is 0.266. The number of hydrogen-bond acceptors (Lipinski definition) is 2. The van der Waals surface area contributed by atoms with Gasteiger partial charge in [0.2, 0.25) is 0 Å². The zero-order valence-electron chi connectivity index (χ0n) is 12.6. The number of hydrogen-bond donors (Lipinski definition) is 1. The van der Waals surface area contributed by atoms with Gasteiger partial charge < -0.3 is 10.1 Å². The van der Waals surface area contributed by atoms with Crippen LogP contribution in [0.15, 0.2) is 48.5 Å². The molecule has 21 heavy (non-hydrogen) atoms. The van der Waals surface area contributed by atoms with Gasteiger partial charge in [0.05, 0.1) is 11.1 Å². The zero-order valence-corrected chi connectivity index (χ0v) is 13.4. The van der Waals surface area contributed by atoms with E-state index in [-0.39, 0.29) is 6.04 Å². The molecule has 0 saturated carbocycles. The van der Waals surface area contributed by atoms with Gasteiger partial charge in [-0.05, 0) is 43.1 Å². The molecule has 2 rings (SSSR count). The van der Waals surface area contributed by atoms with E-state index in [1.807, 2.05) is 31.2 Å². The number of benzene rings is 2. The third-order valence-electron chi connectivity index (χ3n) is 3.34. The van der Waals surface area contributed by atoms with Crippen LogP contribution < -0.4 is 10.1 Å². The third-order valence-corrected chi connectivity index (χ3v) is 3.63. The van der Waals surface area contributed by atoms with Crippen LogP contribution in [0.25, 0.3) is 0 Å². The maximum atomic E-state index is 6.22. The molecule has 2 aromatic rings. The Bertz CT molecular complexity index is 556. The molecular formula is C18H22ClNO. The predicted molar refractivity (Wildman–Crippen MR) is 89.2 cm³/mol. The van der Waals surface area contributed by atoms with Gasteiger partial charge in [-0.15, -0.1) is 0 Å². The molecule has 0 aliphatic rings. The first-order chi connectivity index (χ1) is 10.2.